The lowest BCUT2D eigenvalue weighted by atomic mass is 9.92. The molecule has 0 amide bonds. The first kappa shape index (κ1) is 12.1. The first-order chi connectivity index (χ1) is 9.19. The first-order valence-corrected chi connectivity index (χ1v) is 6.27. The van der Waals surface area contributed by atoms with Gasteiger partial charge in [0.15, 0.2) is 11.5 Å². The van der Waals surface area contributed by atoms with E-state index in [0.717, 1.165) is 0 Å². The molecule has 1 unspecified atom stereocenters. The number of hydrogen-bond acceptors (Lipinski definition) is 4. The van der Waals surface area contributed by atoms with E-state index in [1.165, 1.54) is 0 Å². The van der Waals surface area contributed by atoms with Gasteiger partial charge in [-0.15, -0.1) is 0 Å². The maximum absolute atomic E-state index is 12.4. The molecule has 3 rings (SSSR count). The number of ether oxygens (including phenoxy) is 2. The van der Waals surface area contributed by atoms with Crippen LogP contribution in [0.25, 0.3) is 0 Å². The topological polar surface area (TPSA) is 61.6 Å². The Morgan fingerprint density at radius 3 is 2.79 bits per heavy atom. The van der Waals surface area contributed by atoms with Crippen LogP contribution in [0.4, 0.5) is 0 Å². The van der Waals surface area contributed by atoms with Crippen LogP contribution in [0.3, 0.4) is 0 Å². The summed E-state index contributed by atoms with van der Waals surface area (Å²) in [5, 5.41) is 0. The smallest absolute Gasteiger partial charge is 0.194 e. The van der Waals surface area contributed by atoms with Gasteiger partial charge in [-0.05, 0) is 18.6 Å². The molecule has 0 bridgehead atoms. The summed E-state index contributed by atoms with van der Waals surface area (Å²) >= 11 is 0. The lowest BCUT2D eigenvalue weighted by Crippen LogP contribution is -2.49. The highest BCUT2D eigenvalue weighted by Crippen LogP contribution is 2.31. The lowest BCUT2D eigenvalue weighted by molar-refractivity contribution is -0.0847. The van der Waals surface area contributed by atoms with Gasteiger partial charge in [0, 0.05) is 11.1 Å². The molecule has 0 saturated carbocycles. The molecule has 98 valence electrons. The van der Waals surface area contributed by atoms with Crippen molar-refractivity contribution in [3.63, 3.8) is 0 Å². The minimum absolute atomic E-state index is 0.0186. The molecule has 19 heavy (non-hydrogen) atoms. The molecule has 1 aromatic rings. The molecule has 1 aromatic carbocycles. The molecule has 1 atom stereocenters. The monoisotopic (exact) mass is 257 g/mol. The Bertz CT molecular complexity index is 562. The van der Waals surface area contributed by atoms with Crippen LogP contribution in [0, 0.1) is 0 Å². The second-order valence-electron chi connectivity index (χ2n) is 4.63. The Morgan fingerprint density at radius 2 is 2.00 bits per heavy atom. The molecule has 2 N–H and O–H groups in total. The van der Waals surface area contributed by atoms with Crippen LogP contribution in [0.15, 0.2) is 53.8 Å². The third-order valence-corrected chi connectivity index (χ3v) is 3.29. The number of nitrogens with two attached hydrogens (primary N) is 1. The summed E-state index contributed by atoms with van der Waals surface area (Å²) in [5.74, 6) is 0.582. The number of benzene rings is 1. The normalized spacial score (nSPS) is 25.7. The molecule has 1 saturated heterocycles. The number of fused-ring (bicyclic) bond motifs is 1. The maximum Gasteiger partial charge on any atom is 0.194 e. The summed E-state index contributed by atoms with van der Waals surface area (Å²) < 4.78 is 11.0. The summed E-state index contributed by atoms with van der Waals surface area (Å²) in [4.78, 5) is 12.4. The number of ketones is 1. The number of carbonyl (C=O) groups excluding carboxylic acids is 1. The van der Waals surface area contributed by atoms with Crippen LogP contribution < -0.4 is 5.73 Å². The van der Waals surface area contributed by atoms with Crippen molar-refractivity contribution in [2.45, 2.75) is 12.1 Å². The van der Waals surface area contributed by atoms with Gasteiger partial charge in [-0.25, -0.2) is 0 Å². The highest BCUT2D eigenvalue weighted by molar-refractivity contribution is 6.09. The quantitative estimate of drug-likeness (QED) is 0.820. The number of allylic oxidation sites excluding steroid dienone is 2. The summed E-state index contributed by atoms with van der Waals surface area (Å²) in [5.41, 5.74) is 6.34. The van der Waals surface area contributed by atoms with E-state index in [1.54, 1.807) is 18.2 Å². The van der Waals surface area contributed by atoms with E-state index >= 15 is 0 Å². The van der Waals surface area contributed by atoms with Crippen LogP contribution in [-0.2, 0) is 9.47 Å². The first-order valence-electron chi connectivity index (χ1n) is 6.27. The fourth-order valence-electron chi connectivity index (χ4n) is 2.33. The van der Waals surface area contributed by atoms with Gasteiger partial charge >= 0.3 is 0 Å². The van der Waals surface area contributed by atoms with Gasteiger partial charge in [0.2, 0.25) is 0 Å². The van der Waals surface area contributed by atoms with Gasteiger partial charge in [-0.2, -0.15) is 0 Å². The molecule has 0 aromatic heterocycles. The maximum atomic E-state index is 12.4. The van der Waals surface area contributed by atoms with Crippen LogP contribution in [0.1, 0.15) is 16.8 Å². The van der Waals surface area contributed by atoms with Crippen molar-refractivity contribution in [3.8, 4) is 0 Å². The van der Waals surface area contributed by atoms with Crippen molar-refractivity contribution in [2.24, 2.45) is 5.73 Å². The lowest BCUT2D eigenvalue weighted by Gasteiger charge is -2.36. The molecule has 2 aliphatic rings. The molecule has 1 aliphatic heterocycles. The summed E-state index contributed by atoms with van der Waals surface area (Å²) in [6, 6.07) is 9.16. The van der Waals surface area contributed by atoms with Crippen molar-refractivity contribution >= 4 is 5.78 Å². The Morgan fingerprint density at radius 1 is 1.21 bits per heavy atom. The van der Waals surface area contributed by atoms with Crippen LogP contribution in [-0.4, -0.2) is 24.7 Å². The van der Waals surface area contributed by atoms with Gasteiger partial charge in [0.1, 0.15) is 12.4 Å². The average Bonchev–Trinajstić information content (AvgIpc) is 2.46. The van der Waals surface area contributed by atoms with E-state index in [0.29, 0.717) is 36.5 Å². The second-order valence-corrected chi connectivity index (χ2v) is 4.63. The Labute approximate surface area is 111 Å². The largest absolute Gasteiger partial charge is 0.491 e. The molecule has 1 heterocycles. The molecule has 1 fully saturated rings. The van der Waals surface area contributed by atoms with Crippen molar-refractivity contribution in [2.75, 3.05) is 13.2 Å². The number of hydrogen-bond donors (Lipinski definition) is 1. The van der Waals surface area contributed by atoms with Crippen molar-refractivity contribution in [1.82, 2.24) is 0 Å². The highest BCUT2D eigenvalue weighted by Gasteiger charge is 2.37. The van der Waals surface area contributed by atoms with Crippen LogP contribution in [0.5, 0.6) is 0 Å². The van der Waals surface area contributed by atoms with Crippen molar-refractivity contribution < 1.29 is 14.3 Å². The van der Waals surface area contributed by atoms with Crippen LogP contribution >= 0.6 is 0 Å². The van der Waals surface area contributed by atoms with Gasteiger partial charge in [-0.1, -0.05) is 30.3 Å². The SMILES string of the molecule is NC12C=C(C(=O)c3ccccc3)CC=C1OCCO2. The molecule has 4 heteroatoms. The Hall–Kier alpha value is -1.91. The third-order valence-electron chi connectivity index (χ3n) is 3.29. The molecular weight excluding hydrogens is 242 g/mol. The van der Waals surface area contributed by atoms with Crippen LogP contribution in [0.2, 0.25) is 0 Å². The fourth-order valence-corrected chi connectivity index (χ4v) is 2.33. The Kier molecular flexibility index (Phi) is 2.97. The zero-order valence-corrected chi connectivity index (χ0v) is 10.5. The molecule has 4 nitrogen and oxygen atoms in total. The van der Waals surface area contributed by atoms with Crippen molar-refractivity contribution in [1.29, 1.82) is 0 Å². The van der Waals surface area contributed by atoms with E-state index in [9.17, 15) is 4.79 Å². The standard InChI is InChI=1S/C15H15NO3/c16-15-10-12(6-7-13(15)18-8-9-19-15)14(17)11-4-2-1-3-5-11/h1-5,7,10H,6,8-9,16H2. The predicted octanol–water partition coefficient (Wildman–Crippen LogP) is 1.79. The highest BCUT2D eigenvalue weighted by atomic mass is 16.6. The summed E-state index contributed by atoms with van der Waals surface area (Å²) in [7, 11) is 0. The van der Waals surface area contributed by atoms with Gasteiger partial charge in [0.05, 0.1) is 6.61 Å². The summed E-state index contributed by atoms with van der Waals surface area (Å²) in [6.07, 6.45) is 4.03. The number of Topliss-reactive ketones (excluding diaryl/α,β-unsaturated/α-hetero) is 1. The van der Waals surface area contributed by atoms with E-state index in [4.69, 9.17) is 15.2 Å². The third kappa shape index (κ3) is 2.20. The number of carbonyl (C=O) groups is 1. The second kappa shape index (κ2) is 4.64. The van der Waals surface area contributed by atoms with Gasteiger partial charge < -0.3 is 9.47 Å². The van der Waals surface area contributed by atoms with Crippen molar-refractivity contribution in [3.05, 3.63) is 59.4 Å². The number of rotatable bonds is 2. The zero-order chi connectivity index (χ0) is 13.3. The van der Waals surface area contributed by atoms with E-state index < -0.39 is 5.72 Å². The van der Waals surface area contributed by atoms with Gasteiger partial charge in [-0.3, -0.25) is 10.5 Å². The minimum Gasteiger partial charge on any atom is -0.491 e. The molecular formula is C15H15NO3. The van der Waals surface area contributed by atoms with E-state index in [1.807, 2.05) is 24.3 Å². The molecule has 0 radical (unpaired) electrons. The predicted molar refractivity (Wildman–Crippen MR) is 70.4 cm³/mol. The molecule has 1 aliphatic carbocycles. The van der Waals surface area contributed by atoms with Gasteiger partial charge in [0.25, 0.3) is 0 Å². The molecule has 0 spiro atoms. The zero-order valence-electron chi connectivity index (χ0n) is 10.5. The summed E-state index contributed by atoms with van der Waals surface area (Å²) in [6.45, 7) is 0.928. The Balaban J connectivity index is 1.89. The average molecular weight is 257 g/mol. The van der Waals surface area contributed by atoms with E-state index in [-0.39, 0.29) is 5.78 Å². The van der Waals surface area contributed by atoms with E-state index in [2.05, 4.69) is 0 Å². The minimum atomic E-state index is -1.09. The fraction of sp³-hybridized carbons (Fsp3) is 0.267.